The van der Waals surface area contributed by atoms with Crippen molar-refractivity contribution in [3.8, 4) is 10.6 Å². The summed E-state index contributed by atoms with van der Waals surface area (Å²) in [6, 6.07) is 7.17. The van der Waals surface area contributed by atoms with Gasteiger partial charge in [0, 0.05) is 10.6 Å². The molecule has 5 heteroatoms. The molecule has 76 valence electrons. The summed E-state index contributed by atoms with van der Waals surface area (Å²) in [5, 5.41) is 10.0. The molecule has 3 nitrogen and oxygen atoms in total. The summed E-state index contributed by atoms with van der Waals surface area (Å²) in [6.07, 6.45) is 1.35. The molecule has 1 heterocycles. The van der Waals surface area contributed by atoms with Crippen LogP contribution in [0.25, 0.3) is 10.6 Å². The Morgan fingerprint density at radius 1 is 1.47 bits per heavy atom. The van der Waals surface area contributed by atoms with Crippen molar-refractivity contribution in [2.75, 3.05) is 0 Å². The van der Waals surface area contributed by atoms with E-state index in [9.17, 15) is 4.79 Å². The summed E-state index contributed by atoms with van der Waals surface area (Å²) in [6.45, 7) is 0. The van der Waals surface area contributed by atoms with E-state index in [0.29, 0.717) is 10.0 Å². The lowest BCUT2D eigenvalue weighted by Crippen LogP contribution is -1.89. The van der Waals surface area contributed by atoms with Crippen molar-refractivity contribution in [2.24, 2.45) is 0 Å². The molecule has 1 aromatic heterocycles. The normalized spacial score (nSPS) is 10.2. The van der Waals surface area contributed by atoms with E-state index in [1.807, 2.05) is 6.07 Å². The van der Waals surface area contributed by atoms with Gasteiger partial charge in [-0.3, -0.25) is 0 Å². The van der Waals surface area contributed by atoms with Gasteiger partial charge in [-0.2, -0.15) is 0 Å². The zero-order valence-corrected chi connectivity index (χ0v) is 9.05. The van der Waals surface area contributed by atoms with Crippen LogP contribution in [0.4, 0.5) is 0 Å². The Labute approximate surface area is 95.0 Å². The van der Waals surface area contributed by atoms with Crippen LogP contribution in [0.3, 0.4) is 0 Å². The van der Waals surface area contributed by atoms with Crippen LogP contribution in [0.1, 0.15) is 9.67 Å². The van der Waals surface area contributed by atoms with Gasteiger partial charge in [-0.25, -0.2) is 9.78 Å². The molecule has 0 saturated carbocycles. The molecule has 0 aliphatic rings. The molecule has 0 aliphatic carbocycles. The standard InChI is InChI=1S/C10H6ClNO2S/c11-7-3-1-2-6(4-7)9-12-5-8(15-9)10(13)14/h1-5H,(H,13,14). The molecule has 0 spiro atoms. The minimum absolute atomic E-state index is 0.227. The Kier molecular flexibility index (Phi) is 2.70. The van der Waals surface area contributed by atoms with E-state index in [2.05, 4.69) is 4.98 Å². The Morgan fingerprint density at radius 2 is 2.27 bits per heavy atom. The quantitative estimate of drug-likeness (QED) is 0.876. The molecule has 0 unspecified atom stereocenters. The molecule has 2 aromatic rings. The number of benzene rings is 1. The SMILES string of the molecule is O=C(O)c1cnc(-c2cccc(Cl)c2)s1. The summed E-state index contributed by atoms with van der Waals surface area (Å²) >= 11 is 6.96. The van der Waals surface area contributed by atoms with Crippen LogP contribution in [-0.2, 0) is 0 Å². The molecule has 2 rings (SSSR count). The summed E-state index contributed by atoms with van der Waals surface area (Å²) in [5.74, 6) is -0.958. The van der Waals surface area contributed by atoms with Gasteiger partial charge in [0.15, 0.2) is 0 Å². The zero-order valence-electron chi connectivity index (χ0n) is 7.48. The monoisotopic (exact) mass is 239 g/mol. The number of hydrogen-bond donors (Lipinski definition) is 1. The maximum Gasteiger partial charge on any atom is 0.347 e. The fourth-order valence-corrected chi connectivity index (χ4v) is 2.07. The van der Waals surface area contributed by atoms with Crippen LogP contribution in [0.2, 0.25) is 5.02 Å². The first kappa shape index (κ1) is 10.1. The molecule has 1 aromatic carbocycles. The van der Waals surface area contributed by atoms with Crippen molar-refractivity contribution < 1.29 is 9.90 Å². The lowest BCUT2D eigenvalue weighted by molar-refractivity contribution is 0.0702. The van der Waals surface area contributed by atoms with Gasteiger partial charge in [-0.1, -0.05) is 23.7 Å². The Morgan fingerprint density at radius 3 is 2.87 bits per heavy atom. The van der Waals surface area contributed by atoms with Gasteiger partial charge in [0.1, 0.15) is 9.88 Å². The Bertz CT molecular complexity index is 510. The highest BCUT2D eigenvalue weighted by Gasteiger charge is 2.09. The molecule has 0 saturated heterocycles. The molecule has 1 N–H and O–H groups in total. The molecule has 0 amide bonds. The number of nitrogens with zero attached hydrogens (tertiary/aromatic N) is 1. The summed E-state index contributed by atoms with van der Waals surface area (Å²) in [4.78, 5) is 14.9. The van der Waals surface area contributed by atoms with Gasteiger partial charge in [0.2, 0.25) is 0 Å². The van der Waals surface area contributed by atoms with E-state index >= 15 is 0 Å². The topological polar surface area (TPSA) is 50.2 Å². The Hall–Kier alpha value is -1.39. The molecule has 15 heavy (non-hydrogen) atoms. The Balaban J connectivity index is 2.41. The molecule has 0 bridgehead atoms. The first-order valence-electron chi connectivity index (χ1n) is 4.12. The second kappa shape index (κ2) is 4.00. The van der Waals surface area contributed by atoms with Crippen LogP contribution < -0.4 is 0 Å². The number of thiazole rings is 1. The van der Waals surface area contributed by atoms with E-state index < -0.39 is 5.97 Å². The van der Waals surface area contributed by atoms with Crippen molar-refractivity contribution in [1.29, 1.82) is 0 Å². The number of rotatable bonds is 2. The van der Waals surface area contributed by atoms with Gasteiger partial charge in [-0.05, 0) is 12.1 Å². The van der Waals surface area contributed by atoms with Gasteiger partial charge in [0.25, 0.3) is 0 Å². The van der Waals surface area contributed by atoms with Crippen molar-refractivity contribution in [3.63, 3.8) is 0 Å². The van der Waals surface area contributed by atoms with E-state index in [0.717, 1.165) is 16.9 Å². The molecule has 0 atom stereocenters. The maximum absolute atomic E-state index is 10.7. The first-order chi connectivity index (χ1) is 7.16. The van der Waals surface area contributed by atoms with Crippen LogP contribution >= 0.6 is 22.9 Å². The van der Waals surface area contributed by atoms with E-state index in [1.54, 1.807) is 18.2 Å². The van der Waals surface area contributed by atoms with Crippen molar-refractivity contribution in [1.82, 2.24) is 4.98 Å². The second-order valence-electron chi connectivity index (χ2n) is 2.85. The van der Waals surface area contributed by atoms with Gasteiger partial charge in [0.05, 0.1) is 6.20 Å². The minimum atomic E-state index is -0.958. The third-order valence-corrected chi connectivity index (χ3v) is 3.06. The fourth-order valence-electron chi connectivity index (χ4n) is 1.13. The number of carbonyl (C=O) groups is 1. The average Bonchev–Trinajstić information content (AvgIpc) is 2.66. The number of carboxylic acids is 1. The van der Waals surface area contributed by atoms with Crippen LogP contribution in [0.5, 0.6) is 0 Å². The maximum atomic E-state index is 10.7. The van der Waals surface area contributed by atoms with E-state index in [4.69, 9.17) is 16.7 Å². The fraction of sp³-hybridized carbons (Fsp3) is 0. The van der Waals surface area contributed by atoms with E-state index in [-0.39, 0.29) is 4.88 Å². The summed E-state index contributed by atoms with van der Waals surface area (Å²) in [7, 11) is 0. The highest BCUT2D eigenvalue weighted by Crippen LogP contribution is 2.26. The van der Waals surface area contributed by atoms with Crippen LogP contribution in [-0.4, -0.2) is 16.1 Å². The number of aromatic carboxylic acids is 1. The smallest absolute Gasteiger partial charge is 0.347 e. The zero-order chi connectivity index (χ0) is 10.8. The van der Waals surface area contributed by atoms with Gasteiger partial charge >= 0.3 is 5.97 Å². The van der Waals surface area contributed by atoms with Crippen molar-refractivity contribution in [3.05, 3.63) is 40.4 Å². The first-order valence-corrected chi connectivity index (χ1v) is 5.31. The lowest BCUT2D eigenvalue weighted by Gasteiger charge is -1.95. The molecular weight excluding hydrogens is 234 g/mol. The van der Waals surface area contributed by atoms with Gasteiger partial charge < -0.3 is 5.11 Å². The average molecular weight is 240 g/mol. The van der Waals surface area contributed by atoms with Crippen LogP contribution in [0, 0.1) is 0 Å². The van der Waals surface area contributed by atoms with E-state index in [1.165, 1.54) is 6.20 Å². The van der Waals surface area contributed by atoms with Crippen molar-refractivity contribution in [2.45, 2.75) is 0 Å². The highest BCUT2D eigenvalue weighted by atomic mass is 35.5. The highest BCUT2D eigenvalue weighted by molar-refractivity contribution is 7.16. The second-order valence-corrected chi connectivity index (χ2v) is 4.31. The predicted molar refractivity (Wildman–Crippen MR) is 59.5 cm³/mol. The third-order valence-electron chi connectivity index (χ3n) is 1.79. The number of hydrogen-bond acceptors (Lipinski definition) is 3. The molecular formula is C10H6ClNO2S. The summed E-state index contributed by atoms with van der Waals surface area (Å²) in [5.41, 5.74) is 0.833. The van der Waals surface area contributed by atoms with Gasteiger partial charge in [-0.15, -0.1) is 11.3 Å². The lowest BCUT2D eigenvalue weighted by atomic mass is 10.2. The molecule has 0 aliphatic heterocycles. The third kappa shape index (κ3) is 2.16. The summed E-state index contributed by atoms with van der Waals surface area (Å²) < 4.78 is 0. The predicted octanol–water partition coefficient (Wildman–Crippen LogP) is 3.16. The largest absolute Gasteiger partial charge is 0.477 e. The number of halogens is 1. The molecule has 0 fully saturated rings. The van der Waals surface area contributed by atoms with Crippen molar-refractivity contribution >= 4 is 28.9 Å². The number of carboxylic acid groups (broad SMARTS) is 1. The molecule has 0 radical (unpaired) electrons. The number of aromatic nitrogens is 1. The van der Waals surface area contributed by atoms with Crippen LogP contribution in [0.15, 0.2) is 30.5 Å². The minimum Gasteiger partial charge on any atom is -0.477 e.